The van der Waals surface area contributed by atoms with Gasteiger partial charge in [0.25, 0.3) is 5.91 Å². The van der Waals surface area contributed by atoms with E-state index in [9.17, 15) is 4.79 Å². The Kier molecular flexibility index (Phi) is 5.48. The van der Waals surface area contributed by atoms with E-state index in [0.29, 0.717) is 22.7 Å². The topological polar surface area (TPSA) is 65.4 Å². The van der Waals surface area contributed by atoms with E-state index in [4.69, 9.17) is 14.6 Å². The lowest BCUT2D eigenvalue weighted by Gasteiger charge is -2.09. The molecule has 0 unspecified atom stereocenters. The highest BCUT2D eigenvalue weighted by atomic mass is 16.5. The molecule has 0 aliphatic heterocycles. The molecule has 1 N–H and O–H groups in total. The lowest BCUT2D eigenvalue weighted by Crippen LogP contribution is -2.12. The normalized spacial score (nSPS) is 10.5. The minimum absolute atomic E-state index is 0.261. The molecule has 4 rings (SSSR count). The van der Waals surface area contributed by atoms with E-state index < -0.39 is 0 Å². The van der Waals surface area contributed by atoms with Crippen LogP contribution in [0.3, 0.4) is 0 Å². The van der Waals surface area contributed by atoms with Gasteiger partial charge in [0.15, 0.2) is 0 Å². The summed E-state index contributed by atoms with van der Waals surface area (Å²) in [4.78, 5) is 13.2. The fourth-order valence-corrected chi connectivity index (χ4v) is 3.17. The summed E-state index contributed by atoms with van der Waals surface area (Å²) in [7, 11) is 3.20. The van der Waals surface area contributed by atoms with Gasteiger partial charge in [-0.1, -0.05) is 30.3 Å². The fourth-order valence-electron chi connectivity index (χ4n) is 3.17. The van der Waals surface area contributed by atoms with Crippen LogP contribution in [0, 0.1) is 0 Å². The first-order valence-electron chi connectivity index (χ1n) is 9.43. The van der Waals surface area contributed by atoms with E-state index in [-0.39, 0.29) is 5.91 Å². The molecule has 0 atom stereocenters. The van der Waals surface area contributed by atoms with E-state index in [2.05, 4.69) is 5.32 Å². The first-order valence-corrected chi connectivity index (χ1v) is 9.43. The van der Waals surface area contributed by atoms with Crippen LogP contribution in [0.1, 0.15) is 10.4 Å². The second-order valence-corrected chi connectivity index (χ2v) is 6.55. The number of aromatic nitrogens is 2. The summed E-state index contributed by atoms with van der Waals surface area (Å²) < 4.78 is 12.4. The minimum atomic E-state index is -0.261. The van der Waals surface area contributed by atoms with E-state index in [0.717, 1.165) is 17.0 Å². The zero-order valence-electron chi connectivity index (χ0n) is 16.7. The Morgan fingerprint density at radius 1 is 0.867 bits per heavy atom. The molecule has 0 saturated carbocycles. The van der Waals surface area contributed by atoms with Crippen LogP contribution in [0.25, 0.3) is 16.9 Å². The molecule has 0 radical (unpaired) electrons. The van der Waals surface area contributed by atoms with Gasteiger partial charge in [0, 0.05) is 17.4 Å². The molecule has 0 fully saturated rings. The van der Waals surface area contributed by atoms with Crippen LogP contribution in [0.15, 0.2) is 85.1 Å². The molecule has 4 aromatic rings. The predicted octanol–water partition coefficient (Wildman–Crippen LogP) is 4.81. The third-order valence-corrected chi connectivity index (χ3v) is 4.69. The molecule has 150 valence electrons. The van der Waals surface area contributed by atoms with Gasteiger partial charge in [-0.25, -0.2) is 4.68 Å². The standard InChI is InChI=1S/C24H21N3O3/c1-29-19-14-12-17(13-15-19)25-24(28)21-16-27(18-8-4-3-5-9-18)26-23(21)20-10-6-7-11-22(20)30-2/h3-16H,1-2H3,(H,25,28). The monoisotopic (exact) mass is 399 g/mol. The van der Waals surface area contributed by atoms with Crippen molar-refractivity contribution in [2.24, 2.45) is 0 Å². The molecular formula is C24H21N3O3. The third-order valence-electron chi connectivity index (χ3n) is 4.69. The van der Waals surface area contributed by atoms with Crippen molar-refractivity contribution in [1.29, 1.82) is 0 Å². The summed E-state index contributed by atoms with van der Waals surface area (Å²) >= 11 is 0. The number of para-hydroxylation sites is 2. The number of hydrogen-bond acceptors (Lipinski definition) is 4. The molecule has 6 nitrogen and oxygen atoms in total. The number of nitrogens with zero attached hydrogens (tertiary/aromatic N) is 2. The molecule has 1 amide bonds. The maximum atomic E-state index is 13.2. The molecule has 0 bridgehead atoms. The fraction of sp³-hybridized carbons (Fsp3) is 0.0833. The van der Waals surface area contributed by atoms with Gasteiger partial charge in [-0.05, 0) is 48.5 Å². The van der Waals surface area contributed by atoms with E-state index in [1.54, 1.807) is 49.4 Å². The van der Waals surface area contributed by atoms with Gasteiger partial charge in [-0.2, -0.15) is 5.10 Å². The number of carbonyl (C=O) groups excluding carboxylic acids is 1. The first-order chi connectivity index (χ1) is 14.7. The van der Waals surface area contributed by atoms with Gasteiger partial charge in [0.1, 0.15) is 17.2 Å². The first kappa shape index (κ1) is 19.3. The molecular weight excluding hydrogens is 378 g/mol. The number of methoxy groups -OCH3 is 2. The molecule has 1 aromatic heterocycles. The van der Waals surface area contributed by atoms with Gasteiger partial charge >= 0.3 is 0 Å². The Morgan fingerprint density at radius 3 is 2.27 bits per heavy atom. The molecule has 0 aliphatic carbocycles. The quantitative estimate of drug-likeness (QED) is 0.505. The highest BCUT2D eigenvalue weighted by molar-refractivity contribution is 6.08. The van der Waals surface area contributed by atoms with Crippen LogP contribution in [0.2, 0.25) is 0 Å². The smallest absolute Gasteiger partial charge is 0.259 e. The molecule has 0 spiro atoms. The summed E-state index contributed by atoms with van der Waals surface area (Å²) in [5.41, 5.74) is 3.26. The van der Waals surface area contributed by atoms with Crippen molar-refractivity contribution in [2.45, 2.75) is 0 Å². The van der Waals surface area contributed by atoms with Crippen molar-refractivity contribution in [3.8, 4) is 28.4 Å². The van der Waals surface area contributed by atoms with Crippen LogP contribution >= 0.6 is 0 Å². The Balaban J connectivity index is 1.76. The Hall–Kier alpha value is -4.06. The number of ether oxygens (including phenoxy) is 2. The van der Waals surface area contributed by atoms with Crippen molar-refractivity contribution >= 4 is 11.6 Å². The van der Waals surface area contributed by atoms with E-state index in [1.165, 1.54) is 0 Å². The summed E-state index contributed by atoms with van der Waals surface area (Å²) in [6.45, 7) is 0. The van der Waals surface area contributed by atoms with Gasteiger partial charge in [-0.15, -0.1) is 0 Å². The summed E-state index contributed by atoms with van der Waals surface area (Å²) in [6, 6.07) is 24.4. The Labute approximate surface area is 174 Å². The summed E-state index contributed by atoms with van der Waals surface area (Å²) in [6.07, 6.45) is 1.73. The summed E-state index contributed by atoms with van der Waals surface area (Å²) in [5, 5.41) is 7.64. The number of benzene rings is 3. The van der Waals surface area contributed by atoms with E-state index in [1.807, 2.05) is 54.6 Å². The Bertz CT molecular complexity index is 1150. The highest BCUT2D eigenvalue weighted by Crippen LogP contribution is 2.32. The predicted molar refractivity (Wildman–Crippen MR) is 116 cm³/mol. The van der Waals surface area contributed by atoms with Crippen LogP contribution in [0.5, 0.6) is 11.5 Å². The minimum Gasteiger partial charge on any atom is -0.497 e. The van der Waals surface area contributed by atoms with Gasteiger partial charge in [0.2, 0.25) is 0 Å². The molecule has 3 aromatic carbocycles. The molecule has 1 heterocycles. The Morgan fingerprint density at radius 2 is 1.57 bits per heavy atom. The second kappa shape index (κ2) is 8.53. The van der Waals surface area contributed by atoms with Crippen LogP contribution < -0.4 is 14.8 Å². The average molecular weight is 399 g/mol. The van der Waals surface area contributed by atoms with Crippen LogP contribution in [-0.4, -0.2) is 29.9 Å². The number of rotatable bonds is 6. The maximum Gasteiger partial charge on any atom is 0.259 e. The van der Waals surface area contributed by atoms with Crippen LogP contribution in [0.4, 0.5) is 5.69 Å². The second-order valence-electron chi connectivity index (χ2n) is 6.55. The number of carbonyl (C=O) groups is 1. The molecule has 0 aliphatic rings. The van der Waals surface area contributed by atoms with Crippen molar-refractivity contribution in [3.63, 3.8) is 0 Å². The lowest BCUT2D eigenvalue weighted by atomic mass is 10.1. The van der Waals surface area contributed by atoms with Crippen molar-refractivity contribution in [3.05, 3.63) is 90.6 Å². The number of amides is 1. The molecule has 30 heavy (non-hydrogen) atoms. The largest absolute Gasteiger partial charge is 0.497 e. The van der Waals surface area contributed by atoms with Gasteiger partial charge in [0.05, 0.1) is 25.5 Å². The van der Waals surface area contributed by atoms with E-state index >= 15 is 0 Å². The maximum absolute atomic E-state index is 13.2. The molecule has 0 saturated heterocycles. The number of nitrogens with one attached hydrogen (secondary N) is 1. The van der Waals surface area contributed by atoms with Crippen LogP contribution in [-0.2, 0) is 0 Å². The SMILES string of the molecule is COc1ccc(NC(=O)c2cn(-c3ccccc3)nc2-c2ccccc2OC)cc1. The average Bonchev–Trinajstić information content (AvgIpc) is 3.25. The van der Waals surface area contributed by atoms with Gasteiger partial charge < -0.3 is 14.8 Å². The molecule has 6 heteroatoms. The zero-order valence-corrected chi connectivity index (χ0v) is 16.7. The lowest BCUT2D eigenvalue weighted by molar-refractivity contribution is 0.102. The zero-order chi connectivity index (χ0) is 20.9. The number of hydrogen-bond donors (Lipinski definition) is 1. The van der Waals surface area contributed by atoms with Crippen molar-refractivity contribution in [2.75, 3.05) is 19.5 Å². The van der Waals surface area contributed by atoms with Crippen molar-refractivity contribution in [1.82, 2.24) is 9.78 Å². The van der Waals surface area contributed by atoms with Crippen molar-refractivity contribution < 1.29 is 14.3 Å². The number of anilines is 1. The highest BCUT2D eigenvalue weighted by Gasteiger charge is 2.21. The third kappa shape index (κ3) is 3.89. The summed E-state index contributed by atoms with van der Waals surface area (Å²) in [5.74, 6) is 1.11. The van der Waals surface area contributed by atoms with Gasteiger partial charge in [-0.3, -0.25) is 4.79 Å².